The van der Waals surface area contributed by atoms with E-state index in [-0.39, 0.29) is 23.7 Å². The predicted molar refractivity (Wildman–Crippen MR) is 136 cm³/mol. The summed E-state index contributed by atoms with van der Waals surface area (Å²) in [5.41, 5.74) is 2.26. The summed E-state index contributed by atoms with van der Waals surface area (Å²) < 4.78 is 6.15. The molecule has 35 heavy (non-hydrogen) atoms. The van der Waals surface area contributed by atoms with Crippen LogP contribution >= 0.6 is 0 Å². The lowest BCUT2D eigenvalue weighted by molar-refractivity contribution is -0.135. The van der Waals surface area contributed by atoms with Crippen LogP contribution in [0.15, 0.2) is 66.7 Å². The number of nitrogens with one attached hydrogen (secondary N) is 1. The maximum absolute atomic E-state index is 13.5. The number of benzene rings is 2. The second kappa shape index (κ2) is 11.1. The molecule has 3 aliphatic rings. The summed E-state index contributed by atoms with van der Waals surface area (Å²) in [4.78, 5) is 30.2. The van der Waals surface area contributed by atoms with E-state index in [0.717, 1.165) is 30.6 Å². The Balaban J connectivity index is 1.35. The topological polar surface area (TPSA) is 61.9 Å². The van der Waals surface area contributed by atoms with Gasteiger partial charge in [-0.25, -0.2) is 0 Å². The van der Waals surface area contributed by atoms with Gasteiger partial charge in [0, 0.05) is 44.2 Å². The van der Waals surface area contributed by atoms with E-state index in [1.807, 2.05) is 41.3 Å². The Morgan fingerprint density at radius 1 is 1.00 bits per heavy atom. The maximum Gasteiger partial charge on any atom is 0.236 e. The minimum atomic E-state index is 0.146. The lowest BCUT2D eigenvalue weighted by atomic mass is 9.82. The van der Waals surface area contributed by atoms with Crippen molar-refractivity contribution in [1.29, 1.82) is 0 Å². The van der Waals surface area contributed by atoms with Crippen molar-refractivity contribution in [1.82, 2.24) is 15.1 Å². The summed E-state index contributed by atoms with van der Waals surface area (Å²) in [7, 11) is 0. The SMILES string of the molecule is O=C(C[C@@H]1CCN2C[C@@H]1/C=C/COc1ccccc1CN(Cc1ccccc1)CC2=O)NC1CC1. The fraction of sp³-hybridized carbons (Fsp3) is 0.448. The maximum atomic E-state index is 13.5. The number of carbonyl (C=O) groups excluding carboxylic acids is 2. The molecule has 5 rings (SSSR count). The van der Waals surface area contributed by atoms with Crippen LogP contribution in [0.25, 0.3) is 0 Å². The summed E-state index contributed by atoms with van der Waals surface area (Å²) in [5, 5.41) is 3.13. The Morgan fingerprint density at radius 2 is 1.80 bits per heavy atom. The van der Waals surface area contributed by atoms with E-state index in [9.17, 15) is 9.59 Å². The van der Waals surface area contributed by atoms with Crippen LogP contribution in [-0.4, -0.2) is 53.9 Å². The van der Waals surface area contributed by atoms with Crippen molar-refractivity contribution in [2.24, 2.45) is 11.8 Å². The number of hydrogen-bond donors (Lipinski definition) is 1. The number of piperidine rings is 1. The van der Waals surface area contributed by atoms with Gasteiger partial charge in [-0.05, 0) is 42.7 Å². The van der Waals surface area contributed by atoms with Crippen LogP contribution in [0.4, 0.5) is 0 Å². The van der Waals surface area contributed by atoms with Crippen LogP contribution in [0.5, 0.6) is 5.75 Å². The highest BCUT2D eigenvalue weighted by Gasteiger charge is 2.33. The van der Waals surface area contributed by atoms with Gasteiger partial charge in [0.25, 0.3) is 0 Å². The first-order valence-corrected chi connectivity index (χ1v) is 12.8. The third kappa shape index (κ3) is 6.51. The van der Waals surface area contributed by atoms with Gasteiger partial charge in [0.1, 0.15) is 12.4 Å². The molecule has 2 aromatic rings. The number of fused-ring (bicyclic) bond motifs is 3. The van der Waals surface area contributed by atoms with Gasteiger partial charge in [0.15, 0.2) is 0 Å². The number of hydrogen-bond acceptors (Lipinski definition) is 4. The molecule has 1 saturated carbocycles. The molecule has 184 valence electrons. The van der Waals surface area contributed by atoms with Gasteiger partial charge in [0.05, 0.1) is 6.54 Å². The molecule has 6 nitrogen and oxygen atoms in total. The summed E-state index contributed by atoms with van der Waals surface area (Å²) in [6.45, 7) is 3.52. The first-order chi connectivity index (χ1) is 17.1. The summed E-state index contributed by atoms with van der Waals surface area (Å²) in [5.74, 6) is 1.54. The molecule has 0 radical (unpaired) electrons. The smallest absolute Gasteiger partial charge is 0.236 e. The average Bonchev–Trinajstić information content (AvgIpc) is 3.67. The largest absolute Gasteiger partial charge is 0.489 e. The van der Waals surface area contributed by atoms with Crippen molar-refractivity contribution >= 4 is 11.8 Å². The Hall–Kier alpha value is -3.12. The molecule has 1 N–H and O–H groups in total. The number of amides is 2. The van der Waals surface area contributed by atoms with Crippen molar-refractivity contribution in [3.8, 4) is 5.75 Å². The fourth-order valence-electron chi connectivity index (χ4n) is 5.17. The first-order valence-electron chi connectivity index (χ1n) is 12.8. The van der Waals surface area contributed by atoms with Crippen LogP contribution in [0.3, 0.4) is 0 Å². The van der Waals surface area contributed by atoms with Gasteiger partial charge in [-0.3, -0.25) is 14.5 Å². The van der Waals surface area contributed by atoms with E-state index in [1.54, 1.807) is 0 Å². The number of para-hydroxylation sites is 1. The molecule has 0 aromatic heterocycles. The molecule has 1 aliphatic carbocycles. The first kappa shape index (κ1) is 23.6. The molecule has 2 amide bonds. The minimum Gasteiger partial charge on any atom is -0.489 e. The molecule has 2 bridgehead atoms. The average molecular weight is 474 g/mol. The molecular formula is C29H35N3O3. The van der Waals surface area contributed by atoms with Crippen molar-refractivity contribution in [3.63, 3.8) is 0 Å². The standard InChI is InChI=1S/C29H35N3O3/c33-28(30-26-12-13-26)17-23-14-15-32-20-24(23)10-6-16-35-27-11-5-4-9-25(27)19-31(21-29(32)34)18-22-7-2-1-3-8-22/h1-11,23-24,26H,12-21H2,(H,30,33)/b10-6+/t23-,24-/m0/s1. The number of ether oxygens (including phenoxy) is 1. The Labute approximate surface area is 207 Å². The van der Waals surface area contributed by atoms with E-state index in [0.29, 0.717) is 51.8 Å². The number of carbonyl (C=O) groups is 2. The highest BCUT2D eigenvalue weighted by atomic mass is 16.5. The molecular weight excluding hydrogens is 438 g/mol. The number of nitrogens with zero attached hydrogens (tertiary/aromatic N) is 2. The summed E-state index contributed by atoms with van der Waals surface area (Å²) in [6, 6.07) is 18.8. The summed E-state index contributed by atoms with van der Waals surface area (Å²) in [6.07, 6.45) is 7.79. The molecule has 2 fully saturated rings. The zero-order valence-corrected chi connectivity index (χ0v) is 20.3. The molecule has 1 saturated heterocycles. The molecule has 2 aliphatic heterocycles. The lowest BCUT2D eigenvalue weighted by Gasteiger charge is -2.38. The second-order valence-electron chi connectivity index (χ2n) is 10.1. The van der Waals surface area contributed by atoms with E-state index < -0.39 is 0 Å². The highest BCUT2D eigenvalue weighted by molar-refractivity contribution is 5.79. The summed E-state index contributed by atoms with van der Waals surface area (Å²) >= 11 is 0. The monoisotopic (exact) mass is 473 g/mol. The van der Waals surface area contributed by atoms with Crippen molar-refractivity contribution in [2.75, 3.05) is 26.2 Å². The molecule has 6 heteroatoms. The van der Waals surface area contributed by atoms with Crippen LogP contribution in [-0.2, 0) is 22.7 Å². The molecule has 2 atom stereocenters. The zero-order valence-electron chi connectivity index (χ0n) is 20.3. The van der Waals surface area contributed by atoms with Gasteiger partial charge in [-0.2, -0.15) is 0 Å². The van der Waals surface area contributed by atoms with Gasteiger partial charge >= 0.3 is 0 Å². The molecule has 2 aromatic carbocycles. The van der Waals surface area contributed by atoms with Gasteiger partial charge in [-0.15, -0.1) is 0 Å². The van der Waals surface area contributed by atoms with Gasteiger partial charge in [0.2, 0.25) is 11.8 Å². The lowest BCUT2D eigenvalue weighted by Crippen LogP contribution is -2.47. The van der Waals surface area contributed by atoms with Gasteiger partial charge < -0.3 is 15.0 Å². The second-order valence-corrected chi connectivity index (χ2v) is 10.1. The van der Waals surface area contributed by atoms with E-state index in [2.05, 4.69) is 40.6 Å². The van der Waals surface area contributed by atoms with Gasteiger partial charge in [-0.1, -0.05) is 60.7 Å². The van der Waals surface area contributed by atoms with Crippen LogP contribution in [0.1, 0.15) is 36.8 Å². The zero-order chi connectivity index (χ0) is 24.0. The van der Waals surface area contributed by atoms with E-state index in [1.165, 1.54) is 5.56 Å². The Bertz CT molecular complexity index is 1050. The predicted octanol–water partition coefficient (Wildman–Crippen LogP) is 3.77. The van der Waals surface area contributed by atoms with Crippen molar-refractivity contribution in [3.05, 3.63) is 77.9 Å². The van der Waals surface area contributed by atoms with E-state index in [4.69, 9.17) is 4.74 Å². The molecule has 0 spiro atoms. The van der Waals surface area contributed by atoms with Crippen molar-refractivity contribution < 1.29 is 14.3 Å². The third-order valence-corrected chi connectivity index (χ3v) is 7.24. The third-order valence-electron chi connectivity index (χ3n) is 7.24. The van der Waals surface area contributed by atoms with Crippen LogP contribution in [0.2, 0.25) is 0 Å². The number of rotatable bonds is 5. The quantitative estimate of drug-likeness (QED) is 0.672. The molecule has 2 heterocycles. The van der Waals surface area contributed by atoms with Crippen molar-refractivity contribution in [2.45, 2.75) is 44.8 Å². The normalized spacial score (nSPS) is 24.2. The molecule has 0 unspecified atom stereocenters. The highest BCUT2D eigenvalue weighted by Crippen LogP contribution is 2.30. The Morgan fingerprint density at radius 3 is 2.63 bits per heavy atom. The van der Waals surface area contributed by atoms with E-state index >= 15 is 0 Å². The Kier molecular flexibility index (Phi) is 7.48. The fourth-order valence-corrected chi connectivity index (χ4v) is 5.17. The van der Waals surface area contributed by atoms with Crippen LogP contribution in [0, 0.1) is 11.8 Å². The minimum absolute atomic E-state index is 0.146. The van der Waals surface area contributed by atoms with Crippen LogP contribution < -0.4 is 10.1 Å².